The predicted octanol–water partition coefficient (Wildman–Crippen LogP) is 4.92. The predicted molar refractivity (Wildman–Crippen MR) is 75.1 cm³/mol. The first kappa shape index (κ1) is 15.0. The molecule has 0 aromatic heterocycles. The third-order valence-electron chi connectivity index (χ3n) is 4.67. The van der Waals surface area contributed by atoms with Gasteiger partial charge in [-0.05, 0) is 31.1 Å². The fraction of sp³-hybridized carbons (Fsp3) is 1.00. The first-order valence-electron chi connectivity index (χ1n) is 7.81. The number of hydrogen-bond acceptors (Lipinski definition) is 1. The average molecular weight is 240 g/mol. The lowest BCUT2D eigenvalue weighted by atomic mass is 9.70. The van der Waals surface area contributed by atoms with E-state index < -0.39 is 0 Å². The van der Waals surface area contributed by atoms with Gasteiger partial charge >= 0.3 is 0 Å². The van der Waals surface area contributed by atoms with E-state index in [1.165, 1.54) is 51.4 Å². The summed E-state index contributed by atoms with van der Waals surface area (Å²) in [4.78, 5) is 0. The van der Waals surface area contributed by atoms with Crippen LogP contribution in [-0.2, 0) is 0 Å². The van der Waals surface area contributed by atoms with Crippen LogP contribution in [0.3, 0.4) is 0 Å². The summed E-state index contributed by atoms with van der Waals surface area (Å²) in [5.41, 5.74) is -0.345. The van der Waals surface area contributed by atoms with Crippen molar-refractivity contribution in [3.8, 4) is 0 Å². The van der Waals surface area contributed by atoms with Gasteiger partial charge in [0.05, 0.1) is 5.60 Å². The van der Waals surface area contributed by atoms with Gasteiger partial charge in [0.1, 0.15) is 0 Å². The zero-order valence-electron chi connectivity index (χ0n) is 12.2. The van der Waals surface area contributed by atoms with Crippen LogP contribution in [0.25, 0.3) is 0 Å². The Morgan fingerprint density at radius 2 is 1.65 bits per heavy atom. The Morgan fingerprint density at radius 1 is 1.00 bits per heavy atom. The summed E-state index contributed by atoms with van der Waals surface area (Å²) < 4.78 is 0. The maximum atomic E-state index is 10.7. The van der Waals surface area contributed by atoms with Crippen molar-refractivity contribution in [2.75, 3.05) is 0 Å². The highest BCUT2D eigenvalue weighted by atomic mass is 16.3. The lowest BCUT2D eigenvalue weighted by Gasteiger charge is -2.41. The van der Waals surface area contributed by atoms with Crippen molar-refractivity contribution in [2.24, 2.45) is 11.8 Å². The van der Waals surface area contributed by atoms with E-state index in [9.17, 15) is 5.11 Å². The van der Waals surface area contributed by atoms with E-state index in [1.807, 2.05) is 0 Å². The topological polar surface area (TPSA) is 20.2 Å². The molecule has 1 aliphatic rings. The van der Waals surface area contributed by atoms with Gasteiger partial charge in [0.25, 0.3) is 0 Å². The molecule has 1 nitrogen and oxygen atoms in total. The monoisotopic (exact) mass is 240 g/mol. The summed E-state index contributed by atoms with van der Waals surface area (Å²) in [6.07, 6.45) is 12.5. The van der Waals surface area contributed by atoms with E-state index in [2.05, 4.69) is 20.8 Å². The Bertz CT molecular complexity index is 202. The van der Waals surface area contributed by atoms with E-state index in [-0.39, 0.29) is 5.60 Å². The van der Waals surface area contributed by atoms with Crippen LogP contribution in [0.4, 0.5) is 0 Å². The fourth-order valence-electron chi connectivity index (χ4n) is 3.27. The molecule has 3 atom stereocenters. The molecule has 17 heavy (non-hydrogen) atoms. The van der Waals surface area contributed by atoms with E-state index in [1.54, 1.807) is 0 Å². The molecule has 1 fully saturated rings. The van der Waals surface area contributed by atoms with Gasteiger partial charge in [-0.3, -0.25) is 0 Å². The first-order chi connectivity index (χ1) is 8.08. The van der Waals surface area contributed by atoms with Crippen molar-refractivity contribution >= 4 is 0 Å². The molecule has 0 saturated heterocycles. The van der Waals surface area contributed by atoms with Crippen molar-refractivity contribution in [3.63, 3.8) is 0 Å². The van der Waals surface area contributed by atoms with Crippen molar-refractivity contribution in [1.82, 2.24) is 0 Å². The molecular formula is C16H32O. The van der Waals surface area contributed by atoms with Crippen molar-refractivity contribution in [2.45, 2.75) is 90.6 Å². The summed E-state index contributed by atoms with van der Waals surface area (Å²) in [6, 6.07) is 0. The SMILES string of the molecule is CCCCCCCCC1(O)CC(C)CCC1C. The van der Waals surface area contributed by atoms with Crippen molar-refractivity contribution in [1.29, 1.82) is 0 Å². The van der Waals surface area contributed by atoms with Crippen LogP contribution in [0.5, 0.6) is 0 Å². The second-order valence-corrected chi connectivity index (χ2v) is 6.41. The average Bonchev–Trinajstić information content (AvgIpc) is 2.29. The molecule has 0 amide bonds. The molecule has 1 saturated carbocycles. The summed E-state index contributed by atoms with van der Waals surface area (Å²) in [5, 5.41) is 10.7. The number of unbranched alkanes of at least 4 members (excludes halogenated alkanes) is 5. The van der Waals surface area contributed by atoms with Crippen LogP contribution in [0.15, 0.2) is 0 Å². The van der Waals surface area contributed by atoms with Gasteiger partial charge in [0.2, 0.25) is 0 Å². The number of aliphatic hydroxyl groups is 1. The molecule has 0 aromatic rings. The molecule has 1 aliphatic carbocycles. The second-order valence-electron chi connectivity index (χ2n) is 6.41. The van der Waals surface area contributed by atoms with Gasteiger partial charge in [-0.1, -0.05) is 65.7 Å². The van der Waals surface area contributed by atoms with E-state index in [4.69, 9.17) is 0 Å². The maximum Gasteiger partial charge on any atom is 0.0675 e. The van der Waals surface area contributed by atoms with Crippen LogP contribution < -0.4 is 0 Å². The molecule has 3 unspecified atom stereocenters. The molecule has 0 radical (unpaired) electrons. The molecule has 102 valence electrons. The minimum Gasteiger partial charge on any atom is -0.390 e. The summed E-state index contributed by atoms with van der Waals surface area (Å²) in [5.74, 6) is 1.23. The van der Waals surface area contributed by atoms with Gasteiger partial charge < -0.3 is 5.11 Å². The number of hydrogen-bond donors (Lipinski definition) is 1. The van der Waals surface area contributed by atoms with Crippen LogP contribution in [0, 0.1) is 11.8 Å². The van der Waals surface area contributed by atoms with Crippen LogP contribution in [-0.4, -0.2) is 10.7 Å². The molecular weight excluding hydrogens is 208 g/mol. The largest absolute Gasteiger partial charge is 0.390 e. The fourth-order valence-corrected chi connectivity index (χ4v) is 3.27. The van der Waals surface area contributed by atoms with Crippen LogP contribution in [0.1, 0.15) is 85.0 Å². The molecule has 1 rings (SSSR count). The minimum absolute atomic E-state index is 0.345. The normalized spacial score (nSPS) is 33.9. The van der Waals surface area contributed by atoms with Gasteiger partial charge in [0, 0.05) is 0 Å². The Hall–Kier alpha value is -0.0400. The zero-order chi connectivity index (χ0) is 12.7. The standard InChI is InChI=1S/C16H32O/c1-4-5-6-7-8-9-12-16(17)13-14(2)10-11-15(16)3/h14-15,17H,4-13H2,1-3H3. The lowest BCUT2D eigenvalue weighted by molar-refractivity contribution is -0.0644. The minimum atomic E-state index is -0.345. The highest BCUT2D eigenvalue weighted by Crippen LogP contribution is 2.40. The molecule has 0 aliphatic heterocycles. The number of rotatable bonds is 7. The maximum absolute atomic E-state index is 10.7. The third kappa shape index (κ3) is 4.99. The van der Waals surface area contributed by atoms with Crippen molar-refractivity contribution < 1.29 is 5.11 Å². The first-order valence-corrected chi connectivity index (χ1v) is 7.81. The molecule has 0 spiro atoms. The van der Waals surface area contributed by atoms with Gasteiger partial charge in [-0.25, -0.2) is 0 Å². The summed E-state index contributed by atoms with van der Waals surface area (Å²) in [6.45, 7) is 6.79. The van der Waals surface area contributed by atoms with Crippen LogP contribution >= 0.6 is 0 Å². The zero-order valence-corrected chi connectivity index (χ0v) is 12.2. The van der Waals surface area contributed by atoms with Gasteiger partial charge in [-0.2, -0.15) is 0 Å². The van der Waals surface area contributed by atoms with E-state index in [0.29, 0.717) is 5.92 Å². The van der Waals surface area contributed by atoms with Gasteiger partial charge in [-0.15, -0.1) is 0 Å². The molecule has 0 aromatic carbocycles. The third-order valence-corrected chi connectivity index (χ3v) is 4.67. The summed E-state index contributed by atoms with van der Waals surface area (Å²) >= 11 is 0. The highest BCUT2D eigenvalue weighted by molar-refractivity contribution is 4.89. The Labute approximate surface area is 108 Å². The molecule has 1 heteroatoms. The van der Waals surface area contributed by atoms with Gasteiger partial charge in [0.15, 0.2) is 0 Å². The quantitative estimate of drug-likeness (QED) is 0.626. The summed E-state index contributed by atoms with van der Waals surface area (Å²) in [7, 11) is 0. The lowest BCUT2D eigenvalue weighted by Crippen LogP contribution is -2.41. The molecule has 1 N–H and O–H groups in total. The molecule has 0 bridgehead atoms. The Balaban J connectivity index is 2.19. The van der Waals surface area contributed by atoms with Crippen molar-refractivity contribution in [3.05, 3.63) is 0 Å². The van der Waals surface area contributed by atoms with Crippen LogP contribution in [0.2, 0.25) is 0 Å². The Morgan fingerprint density at radius 3 is 2.35 bits per heavy atom. The van der Waals surface area contributed by atoms with E-state index >= 15 is 0 Å². The second kappa shape index (κ2) is 7.41. The Kier molecular flexibility index (Phi) is 6.54. The highest BCUT2D eigenvalue weighted by Gasteiger charge is 2.37. The molecule has 0 heterocycles. The van der Waals surface area contributed by atoms with E-state index in [0.717, 1.165) is 18.8 Å². The smallest absolute Gasteiger partial charge is 0.0675 e.